The largest absolute Gasteiger partial charge is 0.378 e. The number of rotatable bonds is 3. The predicted molar refractivity (Wildman–Crippen MR) is 54.7 cm³/mol. The smallest absolute Gasteiger partial charge is 0.0637 e. The van der Waals surface area contributed by atoms with E-state index in [0.29, 0.717) is 0 Å². The molecule has 0 spiro atoms. The molecular weight excluding hydrogens is 170 g/mol. The highest BCUT2D eigenvalue weighted by Crippen LogP contribution is 2.20. The van der Waals surface area contributed by atoms with Gasteiger partial charge in [-0.15, -0.1) is 6.58 Å². The Balaban J connectivity index is 2.75. The fraction of sp³-hybridized carbons (Fsp3) is 0.200. The first-order chi connectivity index (χ1) is 5.74. The Morgan fingerprint density at radius 2 is 2.17 bits per heavy atom. The van der Waals surface area contributed by atoms with Gasteiger partial charge >= 0.3 is 0 Å². The fourth-order valence-electron chi connectivity index (χ4n) is 0.882. The van der Waals surface area contributed by atoms with Gasteiger partial charge < -0.3 is 5.32 Å². The maximum Gasteiger partial charge on any atom is 0.0637 e. The molecule has 1 N–H and O–H groups in total. The van der Waals surface area contributed by atoms with Gasteiger partial charge in [0.15, 0.2) is 0 Å². The molecule has 1 unspecified atom stereocenters. The van der Waals surface area contributed by atoms with Crippen LogP contribution in [-0.2, 0) is 0 Å². The summed E-state index contributed by atoms with van der Waals surface area (Å²) in [4.78, 5) is 0. The Labute approximate surface area is 78.1 Å². The molecule has 0 radical (unpaired) electrons. The standard InChI is InChI=1S/C10H12ClN/c1-3-8(2)12-10-7-5-4-6-9(10)11/h3-8,12H,1H2,2H3. The molecule has 0 aliphatic carbocycles. The second kappa shape index (κ2) is 4.17. The summed E-state index contributed by atoms with van der Waals surface area (Å²) < 4.78 is 0. The number of hydrogen-bond acceptors (Lipinski definition) is 1. The highest BCUT2D eigenvalue weighted by atomic mass is 35.5. The van der Waals surface area contributed by atoms with E-state index < -0.39 is 0 Å². The SMILES string of the molecule is C=CC(C)Nc1ccccc1Cl. The lowest BCUT2D eigenvalue weighted by atomic mass is 10.2. The molecule has 1 aromatic carbocycles. The van der Waals surface area contributed by atoms with Gasteiger partial charge in [0.1, 0.15) is 0 Å². The highest BCUT2D eigenvalue weighted by molar-refractivity contribution is 6.33. The van der Waals surface area contributed by atoms with Crippen LogP contribution in [0.25, 0.3) is 0 Å². The van der Waals surface area contributed by atoms with Gasteiger partial charge in [-0.1, -0.05) is 29.8 Å². The molecule has 0 aliphatic rings. The van der Waals surface area contributed by atoms with E-state index in [1.54, 1.807) is 0 Å². The molecule has 64 valence electrons. The summed E-state index contributed by atoms with van der Waals surface area (Å²) in [5, 5.41) is 3.95. The second-order valence-electron chi connectivity index (χ2n) is 2.65. The molecule has 0 saturated heterocycles. The van der Waals surface area contributed by atoms with Crippen LogP contribution in [0.4, 0.5) is 5.69 Å². The Morgan fingerprint density at radius 1 is 1.50 bits per heavy atom. The molecular formula is C10H12ClN. The zero-order valence-corrected chi connectivity index (χ0v) is 7.81. The first-order valence-corrected chi connectivity index (χ1v) is 4.25. The van der Waals surface area contributed by atoms with Gasteiger partial charge in [0, 0.05) is 6.04 Å². The Kier molecular flexibility index (Phi) is 3.18. The van der Waals surface area contributed by atoms with Crippen LogP contribution in [-0.4, -0.2) is 6.04 Å². The van der Waals surface area contributed by atoms with E-state index in [4.69, 9.17) is 11.6 Å². The third-order valence-corrected chi connectivity index (χ3v) is 1.94. The van der Waals surface area contributed by atoms with Crippen LogP contribution in [0, 0.1) is 0 Å². The van der Waals surface area contributed by atoms with Crippen molar-refractivity contribution in [2.24, 2.45) is 0 Å². The first kappa shape index (κ1) is 9.14. The zero-order valence-electron chi connectivity index (χ0n) is 7.05. The van der Waals surface area contributed by atoms with Crippen molar-refractivity contribution in [2.45, 2.75) is 13.0 Å². The minimum atomic E-state index is 0.241. The number of hydrogen-bond donors (Lipinski definition) is 1. The number of nitrogens with one attached hydrogen (secondary N) is 1. The van der Waals surface area contributed by atoms with E-state index in [2.05, 4.69) is 11.9 Å². The minimum absolute atomic E-state index is 0.241. The Morgan fingerprint density at radius 3 is 2.75 bits per heavy atom. The molecule has 0 aromatic heterocycles. The molecule has 0 aliphatic heterocycles. The van der Waals surface area contributed by atoms with E-state index in [9.17, 15) is 0 Å². The van der Waals surface area contributed by atoms with Crippen LogP contribution >= 0.6 is 11.6 Å². The predicted octanol–water partition coefficient (Wildman–Crippen LogP) is 3.33. The summed E-state index contributed by atoms with van der Waals surface area (Å²) >= 11 is 5.93. The quantitative estimate of drug-likeness (QED) is 0.706. The van der Waals surface area contributed by atoms with Crippen molar-refractivity contribution in [1.29, 1.82) is 0 Å². The molecule has 0 fully saturated rings. The topological polar surface area (TPSA) is 12.0 Å². The summed E-state index contributed by atoms with van der Waals surface area (Å²) in [6.07, 6.45) is 1.84. The number of benzene rings is 1. The average molecular weight is 182 g/mol. The maximum absolute atomic E-state index is 5.93. The molecule has 12 heavy (non-hydrogen) atoms. The van der Waals surface area contributed by atoms with Gasteiger partial charge in [-0.3, -0.25) is 0 Å². The van der Waals surface area contributed by atoms with E-state index in [0.717, 1.165) is 10.7 Å². The maximum atomic E-state index is 5.93. The lowest BCUT2D eigenvalue weighted by Gasteiger charge is -2.11. The first-order valence-electron chi connectivity index (χ1n) is 3.87. The van der Waals surface area contributed by atoms with E-state index in [1.165, 1.54) is 0 Å². The van der Waals surface area contributed by atoms with Crippen molar-refractivity contribution in [2.75, 3.05) is 5.32 Å². The zero-order chi connectivity index (χ0) is 8.97. The van der Waals surface area contributed by atoms with Gasteiger partial charge in [-0.2, -0.15) is 0 Å². The number of para-hydroxylation sites is 1. The third kappa shape index (κ3) is 2.28. The molecule has 0 bridgehead atoms. The molecule has 1 rings (SSSR count). The van der Waals surface area contributed by atoms with Gasteiger partial charge in [-0.05, 0) is 19.1 Å². The van der Waals surface area contributed by atoms with Gasteiger partial charge in [0.25, 0.3) is 0 Å². The normalized spacial score (nSPS) is 12.2. The van der Waals surface area contributed by atoms with Crippen molar-refractivity contribution in [3.8, 4) is 0 Å². The van der Waals surface area contributed by atoms with Crippen LogP contribution in [0.1, 0.15) is 6.92 Å². The molecule has 1 nitrogen and oxygen atoms in total. The van der Waals surface area contributed by atoms with Crippen molar-refractivity contribution < 1.29 is 0 Å². The van der Waals surface area contributed by atoms with Crippen LogP contribution in [0.5, 0.6) is 0 Å². The minimum Gasteiger partial charge on any atom is -0.378 e. The van der Waals surface area contributed by atoms with E-state index >= 15 is 0 Å². The summed E-state index contributed by atoms with van der Waals surface area (Å²) in [6, 6.07) is 7.91. The Bertz CT molecular complexity index is 270. The molecule has 2 heteroatoms. The number of halogens is 1. The monoisotopic (exact) mass is 181 g/mol. The second-order valence-corrected chi connectivity index (χ2v) is 3.06. The van der Waals surface area contributed by atoms with Crippen molar-refractivity contribution in [3.63, 3.8) is 0 Å². The lowest BCUT2D eigenvalue weighted by Crippen LogP contribution is -2.11. The molecule has 0 amide bonds. The Hall–Kier alpha value is -0.950. The van der Waals surface area contributed by atoms with E-state index in [-0.39, 0.29) is 6.04 Å². The van der Waals surface area contributed by atoms with Gasteiger partial charge in [0.2, 0.25) is 0 Å². The van der Waals surface area contributed by atoms with Gasteiger partial charge in [-0.25, -0.2) is 0 Å². The van der Waals surface area contributed by atoms with Crippen molar-refractivity contribution in [3.05, 3.63) is 41.9 Å². The lowest BCUT2D eigenvalue weighted by molar-refractivity contribution is 1.00. The molecule has 0 saturated carbocycles. The highest BCUT2D eigenvalue weighted by Gasteiger charge is 1.99. The number of anilines is 1. The van der Waals surface area contributed by atoms with Crippen molar-refractivity contribution in [1.82, 2.24) is 0 Å². The summed E-state index contributed by atoms with van der Waals surface area (Å²) in [6.45, 7) is 5.70. The van der Waals surface area contributed by atoms with E-state index in [1.807, 2.05) is 37.3 Å². The van der Waals surface area contributed by atoms with Crippen LogP contribution < -0.4 is 5.32 Å². The third-order valence-electron chi connectivity index (χ3n) is 1.61. The molecule has 1 atom stereocenters. The molecule has 0 heterocycles. The van der Waals surface area contributed by atoms with Crippen molar-refractivity contribution >= 4 is 17.3 Å². The molecule has 1 aromatic rings. The summed E-state index contributed by atoms with van der Waals surface area (Å²) in [5.41, 5.74) is 0.951. The summed E-state index contributed by atoms with van der Waals surface area (Å²) in [7, 11) is 0. The summed E-state index contributed by atoms with van der Waals surface area (Å²) in [5.74, 6) is 0. The average Bonchev–Trinajstić information content (AvgIpc) is 2.09. The van der Waals surface area contributed by atoms with Crippen LogP contribution in [0.3, 0.4) is 0 Å². The van der Waals surface area contributed by atoms with Gasteiger partial charge in [0.05, 0.1) is 10.7 Å². The van der Waals surface area contributed by atoms with Crippen LogP contribution in [0.2, 0.25) is 5.02 Å². The van der Waals surface area contributed by atoms with Crippen LogP contribution in [0.15, 0.2) is 36.9 Å². The fourth-order valence-corrected chi connectivity index (χ4v) is 1.07.